The molecule has 0 N–H and O–H groups in total. The van der Waals surface area contributed by atoms with Gasteiger partial charge in [-0.1, -0.05) is 0 Å². The van der Waals surface area contributed by atoms with E-state index in [1.54, 1.807) is 12.1 Å². The summed E-state index contributed by atoms with van der Waals surface area (Å²) in [5.74, 6) is -0.0415. The molecule has 0 aliphatic rings. The Morgan fingerprint density at radius 1 is 1.15 bits per heavy atom. The van der Waals surface area contributed by atoms with E-state index in [2.05, 4.69) is 20.2 Å². The van der Waals surface area contributed by atoms with Crippen LogP contribution in [0.4, 0.5) is 17.6 Å². The number of rotatable bonds is 5. The third-order valence-corrected chi connectivity index (χ3v) is 3.28. The average Bonchev–Trinajstić information content (AvgIpc) is 3.10. The van der Waals surface area contributed by atoms with Gasteiger partial charge in [0.05, 0.1) is 23.0 Å². The average molecular weight is 368 g/mol. The van der Waals surface area contributed by atoms with Crippen LogP contribution in [0.1, 0.15) is 30.2 Å². The first-order chi connectivity index (χ1) is 12.3. The molecule has 3 aromatic heterocycles. The van der Waals surface area contributed by atoms with Crippen molar-refractivity contribution < 1.29 is 26.7 Å². The minimum Gasteiger partial charge on any atom is -0.486 e. The van der Waals surface area contributed by atoms with Crippen molar-refractivity contribution in [2.75, 3.05) is 0 Å². The van der Waals surface area contributed by atoms with Crippen LogP contribution in [0, 0.1) is 0 Å². The highest BCUT2D eigenvalue weighted by Gasteiger charge is 2.31. The molecule has 0 saturated heterocycles. The first kappa shape index (κ1) is 17.8. The normalized spacial score (nSPS) is 12.8. The summed E-state index contributed by atoms with van der Waals surface area (Å²) in [5.41, 5.74) is 0.0474. The summed E-state index contributed by atoms with van der Waals surface area (Å²) < 4.78 is 61.4. The second-order valence-corrected chi connectivity index (χ2v) is 5.30. The Labute approximate surface area is 144 Å². The number of aromatic nitrogens is 4. The smallest absolute Gasteiger partial charge is 0.418 e. The Hall–Kier alpha value is -3.04. The number of alkyl halides is 4. The molecule has 1 unspecified atom stereocenters. The molecule has 3 heterocycles. The number of hydrogen-bond acceptors (Lipinski definition) is 6. The maximum absolute atomic E-state index is 13.1. The summed E-state index contributed by atoms with van der Waals surface area (Å²) in [7, 11) is 0. The highest BCUT2D eigenvalue weighted by molar-refractivity contribution is 5.50. The van der Waals surface area contributed by atoms with Crippen molar-refractivity contribution in [2.45, 2.75) is 25.9 Å². The second-order valence-electron chi connectivity index (χ2n) is 5.30. The largest absolute Gasteiger partial charge is 0.486 e. The van der Waals surface area contributed by atoms with E-state index >= 15 is 0 Å². The Kier molecular flexibility index (Phi) is 4.83. The van der Waals surface area contributed by atoms with Crippen molar-refractivity contribution in [3.05, 3.63) is 53.9 Å². The maximum atomic E-state index is 13.1. The fraction of sp³-hybridized carbons (Fsp3) is 0.250. The Morgan fingerprint density at radius 2 is 1.96 bits per heavy atom. The third kappa shape index (κ3) is 4.13. The topological polar surface area (TPSA) is 73.9 Å². The van der Waals surface area contributed by atoms with Gasteiger partial charge in [0.25, 0.3) is 5.89 Å². The molecule has 6 nitrogen and oxygen atoms in total. The van der Waals surface area contributed by atoms with Crippen molar-refractivity contribution in [1.29, 1.82) is 0 Å². The van der Waals surface area contributed by atoms with Crippen LogP contribution >= 0.6 is 0 Å². The lowest BCUT2D eigenvalue weighted by atomic mass is 10.2. The molecule has 0 aromatic carbocycles. The molecule has 0 bridgehead atoms. The molecule has 0 amide bonds. The van der Waals surface area contributed by atoms with Crippen LogP contribution < -0.4 is 4.74 Å². The quantitative estimate of drug-likeness (QED) is 0.630. The first-order valence-corrected chi connectivity index (χ1v) is 7.41. The van der Waals surface area contributed by atoms with E-state index in [9.17, 15) is 17.6 Å². The monoisotopic (exact) mass is 368 g/mol. The second kappa shape index (κ2) is 7.06. The highest BCUT2D eigenvalue weighted by atomic mass is 19.4. The Bertz CT molecular complexity index is 878. The van der Waals surface area contributed by atoms with Gasteiger partial charge in [-0.25, -0.2) is 4.39 Å². The van der Waals surface area contributed by atoms with Gasteiger partial charge >= 0.3 is 6.18 Å². The molecule has 0 radical (unpaired) electrons. The summed E-state index contributed by atoms with van der Waals surface area (Å²) in [6, 6.07) is 4.05. The van der Waals surface area contributed by atoms with Gasteiger partial charge in [-0.05, 0) is 25.1 Å². The zero-order chi connectivity index (χ0) is 18.7. The van der Waals surface area contributed by atoms with Crippen LogP contribution in [0.5, 0.6) is 5.75 Å². The van der Waals surface area contributed by atoms with Gasteiger partial charge in [-0.15, -0.1) is 10.2 Å². The molecule has 1 atom stereocenters. The molecule has 0 aliphatic heterocycles. The molecule has 0 spiro atoms. The predicted octanol–water partition coefficient (Wildman–Crippen LogP) is 4.15. The van der Waals surface area contributed by atoms with Crippen LogP contribution in [-0.4, -0.2) is 20.2 Å². The Morgan fingerprint density at radius 3 is 2.58 bits per heavy atom. The van der Waals surface area contributed by atoms with E-state index in [1.807, 2.05) is 0 Å². The van der Waals surface area contributed by atoms with Gasteiger partial charge in [0, 0.05) is 12.4 Å². The number of hydrogen-bond donors (Lipinski definition) is 0. The lowest BCUT2D eigenvalue weighted by molar-refractivity contribution is -0.138. The lowest BCUT2D eigenvalue weighted by Crippen LogP contribution is -2.06. The van der Waals surface area contributed by atoms with E-state index in [0.717, 1.165) is 12.3 Å². The van der Waals surface area contributed by atoms with Crippen LogP contribution in [0.2, 0.25) is 0 Å². The molecular weight excluding hydrogens is 356 g/mol. The van der Waals surface area contributed by atoms with Crippen molar-refractivity contribution in [1.82, 2.24) is 20.2 Å². The molecule has 10 heteroatoms. The lowest BCUT2D eigenvalue weighted by Gasteiger charge is -2.09. The first-order valence-electron chi connectivity index (χ1n) is 7.41. The zero-order valence-corrected chi connectivity index (χ0v) is 13.4. The fourth-order valence-corrected chi connectivity index (χ4v) is 1.96. The van der Waals surface area contributed by atoms with Crippen LogP contribution in [0.15, 0.2) is 41.2 Å². The van der Waals surface area contributed by atoms with E-state index in [0.29, 0.717) is 11.3 Å². The zero-order valence-electron chi connectivity index (χ0n) is 13.4. The van der Waals surface area contributed by atoms with Crippen molar-refractivity contribution >= 4 is 0 Å². The van der Waals surface area contributed by atoms with Crippen molar-refractivity contribution in [2.24, 2.45) is 0 Å². The third-order valence-electron chi connectivity index (χ3n) is 3.28. The van der Waals surface area contributed by atoms with E-state index in [1.165, 1.54) is 19.3 Å². The minimum absolute atomic E-state index is 0.0239. The molecule has 3 aromatic rings. The molecule has 0 fully saturated rings. The van der Waals surface area contributed by atoms with E-state index in [-0.39, 0.29) is 24.1 Å². The van der Waals surface area contributed by atoms with Crippen LogP contribution in [0.25, 0.3) is 11.5 Å². The maximum Gasteiger partial charge on any atom is 0.418 e. The van der Waals surface area contributed by atoms with E-state index in [4.69, 9.17) is 9.15 Å². The van der Waals surface area contributed by atoms with Gasteiger partial charge in [0.2, 0.25) is 5.89 Å². The van der Waals surface area contributed by atoms with Crippen molar-refractivity contribution in [3.63, 3.8) is 0 Å². The summed E-state index contributed by atoms with van der Waals surface area (Å²) >= 11 is 0. The molecule has 0 aliphatic carbocycles. The molecule has 0 saturated carbocycles. The standard InChI is InChI=1S/C16H12F4N4O2/c1-9(17)14-23-24-15(26-14)10-2-3-12(22-5-10)8-25-13-4-11(6-21-7-13)16(18,19)20/h2-7,9H,8H2,1H3. The van der Waals surface area contributed by atoms with E-state index < -0.39 is 17.9 Å². The highest BCUT2D eigenvalue weighted by Crippen LogP contribution is 2.30. The fourth-order valence-electron chi connectivity index (χ4n) is 1.96. The number of nitrogens with zero attached hydrogens (tertiary/aromatic N) is 4. The summed E-state index contributed by atoms with van der Waals surface area (Å²) in [6.45, 7) is 1.22. The van der Waals surface area contributed by atoms with Gasteiger partial charge in [0.1, 0.15) is 12.4 Å². The molecule has 26 heavy (non-hydrogen) atoms. The number of halogens is 4. The molecule has 136 valence electrons. The summed E-state index contributed by atoms with van der Waals surface area (Å²) in [4.78, 5) is 7.62. The van der Waals surface area contributed by atoms with Crippen LogP contribution in [-0.2, 0) is 12.8 Å². The van der Waals surface area contributed by atoms with Crippen molar-refractivity contribution in [3.8, 4) is 17.2 Å². The molecular formula is C16H12F4N4O2. The SMILES string of the molecule is CC(F)c1nnc(-c2ccc(COc3cncc(C(F)(F)F)c3)nc2)o1. The Balaban J connectivity index is 1.66. The number of ether oxygens (including phenoxy) is 1. The van der Waals surface area contributed by atoms with Gasteiger partial charge < -0.3 is 9.15 Å². The summed E-state index contributed by atoms with van der Waals surface area (Å²) in [6.07, 6.45) is -2.55. The van der Waals surface area contributed by atoms with Gasteiger partial charge in [-0.2, -0.15) is 13.2 Å². The predicted molar refractivity (Wildman–Crippen MR) is 80.6 cm³/mol. The number of pyridine rings is 2. The van der Waals surface area contributed by atoms with Gasteiger partial charge in [0.15, 0.2) is 6.17 Å². The minimum atomic E-state index is -4.49. The van der Waals surface area contributed by atoms with Crippen LogP contribution in [0.3, 0.4) is 0 Å². The summed E-state index contributed by atoms with van der Waals surface area (Å²) in [5, 5.41) is 7.30. The van der Waals surface area contributed by atoms with Gasteiger partial charge in [-0.3, -0.25) is 9.97 Å². The molecule has 3 rings (SSSR count).